The molecule has 1 unspecified atom stereocenters. The SMILES string of the molecule is CC(=O)N1CCc2[nH]cnc2C1C1=CCCN(CCn2cccc2)C1. The lowest BCUT2D eigenvalue weighted by Crippen LogP contribution is -2.43. The first-order valence-electron chi connectivity index (χ1n) is 9.04. The highest BCUT2D eigenvalue weighted by Gasteiger charge is 2.35. The zero-order chi connectivity index (χ0) is 17.2. The highest BCUT2D eigenvalue weighted by Crippen LogP contribution is 2.35. The molecule has 1 atom stereocenters. The minimum Gasteiger partial charge on any atom is -0.353 e. The number of imidazole rings is 1. The van der Waals surface area contributed by atoms with E-state index >= 15 is 0 Å². The zero-order valence-corrected chi connectivity index (χ0v) is 14.7. The number of nitrogens with zero attached hydrogens (tertiary/aromatic N) is 4. The molecule has 2 aliphatic rings. The fourth-order valence-electron chi connectivity index (χ4n) is 3.99. The third-order valence-corrected chi connectivity index (χ3v) is 5.28. The number of hydrogen-bond donors (Lipinski definition) is 1. The maximum absolute atomic E-state index is 12.2. The lowest BCUT2D eigenvalue weighted by molar-refractivity contribution is -0.131. The normalized spacial score (nSPS) is 21.1. The van der Waals surface area contributed by atoms with Gasteiger partial charge >= 0.3 is 0 Å². The van der Waals surface area contributed by atoms with Crippen molar-refractivity contribution in [3.05, 3.63) is 53.9 Å². The number of amides is 1. The Bertz CT molecular complexity index is 761. The summed E-state index contributed by atoms with van der Waals surface area (Å²) >= 11 is 0. The number of hydrogen-bond acceptors (Lipinski definition) is 3. The molecule has 2 aromatic heterocycles. The molecule has 4 rings (SSSR count). The summed E-state index contributed by atoms with van der Waals surface area (Å²) in [6.45, 7) is 6.42. The average Bonchev–Trinajstić information content (AvgIpc) is 3.30. The maximum Gasteiger partial charge on any atom is 0.220 e. The smallest absolute Gasteiger partial charge is 0.220 e. The summed E-state index contributed by atoms with van der Waals surface area (Å²) in [5.74, 6) is 0.129. The Labute approximate surface area is 148 Å². The summed E-state index contributed by atoms with van der Waals surface area (Å²) in [7, 11) is 0. The molecule has 0 aromatic carbocycles. The van der Waals surface area contributed by atoms with Gasteiger partial charge < -0.3 is 14.5 Å². The van der Waals surface area contributed by atoms with Crippen molar-refractivity contribution >= 4 is 5.91 Å². The second kappa shape index (κ2) is 6.88. The molecular formula is C19H25N5O. The van der Waals surface area contributed by atoms with Crippen LogP contribution in [-0.2, 0) is 17.8 Å². The van der Waals surface area contributed by atoms with Gasteiger partial charge in [0, 0.05) is 64.2 Å². The topological polar surface area (TPSA) is 57.2 Å². The first-order chi connectivity index (χ1) is 12.2. The van der Waals surface area contributed by atoms with Crippen molar-refractivity contribution in [1.82, 2.24) is 24.3 Å². The van der Waals surface area contributed by atoms with Crippen molar-refractivity contribution in [2.24, 2.45) is 0 Å². The highest BCUT2D eigenvalue weighted by atomic mass is 16.2. The molecule has 6 heteroatoms. The second-order valence-electron chi connectivity index (χ2n) is 6.90. The van der Waals surface area contributed by atoms with Crippen molar-refractivity contribution in [2.45, 2.75) is 32.4 Å². The van der Waals surface area contributed by atoms with Crippen molar-refractivity contribution in [3.8, 4) is 0 Å². The molecule has 6 nitrogen and oxygen atoms in total. The molecule has 0 spiro atoms. The van der Waals surface area contributed by atoms with E-state index in [1.807, 2.05) is 4.90 Å². The Morgan fingerprint density at radius 1 is 1.28 bits per heavy atom. The van der Waals surface area contributed by atoms with Gasteiger partial charge in [-0.3, -0.25) is 9.69 Å². The first-order valence-corrected chi connectivity index (χ1v) is 9.04. The van der Waals surface area contributed by atoms with E-state index in [2.05, 4.69) is 50.0 Å². The van der Waals surface area contributed by atoms with Gasteiger partial charge in [0.05, 0.1) is 18.1 Å². The van der Waals surface area contributed by atoms with Crippen LogP contribution in [0.2, 0.25) is 0 Å². The Morgan fingerprint density at radius 3 is 2.92 bits per heavy atom. The molecule has 132 valence electrons. The number of H-pyrrole nitrogens is 1. The van der Waals surface area contributed by atoms with Gasteiger partial charge in [-0.2, -0.15) is 0 Å². The molecule has 1 N–H and O–H groups in total. The molecule has 1 amide bonds. The van der Waals surface area contributed by atoms with Crippen LogP contribution in [0.3, 0.4) is 0 Å². The minimum absolute atomic E-state index is 0.0121. The van der Waals surface area contributed by atoms with E-state index in [-0.39, 0.29) is 11.9 Å². The van der Waals surface area contributed by atoms with E-state index in [0.717, 1.165) is 51.3 Å². The Kier molecular flexibility index (Phi) is 4.44. The largest absolute Gasteiger partial charge is 0.353 e. The molecule has 25 heavy (non-hydrogen) atoms. The monoisotopic (exact) mass is 339 g/mol. The third kappa shape index (κ3) is 3.26. The van der Waals surface area contributed by atoms with Crippen LogP contribution in [0.4, 0.5) is 0 Å². The van der Waals surface area contributed by atoms with Gasteiger partial charge in [-0.15, -0.1) is 0 Å². The maximum atomic E-state index is 12.2. The summed E-state index contributed by atoms with van der Waals surface area (Å²) in [5, 5.41) is 0. The van der Waals surface area contributed by atoms with Crippen molar-refractivity contribution < 1.29 is 4.79 Å². The summed E-state index contributed by atoms with van der Waals surface area (Å²) in [4.78, 5) is 24.4. The van der Waals surface area contributed by atoms with Crippen LogP contribution >= 0.6 is 0 Å². The molecule has 0 aliphatic carbocycles. The standard InChI is InChI=1S/C19H25N5O/c1-15(25)24-10-6-17-18(21-14-20-17)19(24)16-5-4-9-23(13-16)12-11-22-7-2-3-8-22/h2-3,5,7-8,14,19H,4,6,9-13H2,1H3,(H,20,21). The lowest BCUT2D eigenvalue weighted by atomic mass is 9.92. The van der Waals surface area contributed by atoms with Crippen molar-refractivity contribution in [1.29, 1.82) is 0 Å². The van der Waals surface area contributed by atoms with Gasteiger partial charge in [0.1, 0.15) is 0 Å². The van der Waals surface area contributed by atoms with Gasteiger partial charge in [0.2, 0.25) is 5.91 Å². The summed E-state index contributed by atoms with van der Waals surface area (Å²) < 4.78 is 2.21. The van der Waals surface area contributed by atoms with E-state index in [4.69, 9.17) is 0 Å². The summed E-state index contributed by atoms with van der Waals surface area (Å²) in [5.41, 5.74) is 3.51. The number of aromatic nitrogens is 3. The van der Waals surface area contributed by atoms with E-state index in [1.54, 1.807) is 13.3 Å². The van der Waals surface area contributed by atoms with Crippen LogP contribution in [0.15, 0.2) is 42.5 Å². The number of fused-ring (bicyclic) bond motifs is 1. The first kappa shape index (κ1) is 16.1. The zero-order valence-electron chi connectivity index (χ0n) is 14.7. The van der Waals surface area contributed by atoms with Crippen LogP contribution in [0, 0.1) is 0 Å². The predicted octanol–water partition coefficient (Wildman–Crippen LogP) is 1.99. The van der Waals surface area contributed by atoms with E-state index in [0.29, 0.717) is 0 Å². The van der Waals surface area contributed by atoms with Gasteiger partial charge in [-0.25, -0.2) is 4.98 Å². The van der Waals surface area contributed by atoms with Gasteiger partial charge in [0.15, 0.2) is 0 Å². The molecule has 4 heterocycles. The van der Waals surface area contributed by atoms with Gasteiger partial charge in [-0.05, 0) is 24.1 Å². The van der Waals surface area contributed by atoms with Crippen LogP contribution < -0.4 is 0 Å². The molecular weight excluding hydrogens is 314 g/mol. The summed E-state index contributed by atoms with van der Waals surface area (Å²) in [6.07, 6.45) is 10.2. The third-order valence-electron chi connectivity index (χ3n) is 5.28. The number of aromatic amines is 1. The van der Waals surface area contributed by atoms with Gasteiger partial charge in [0.25, 0.3) is 0 Å². The van der Waals surface area contributed by atoms with Crippen LogP contribution in [0.5, 0.6) is 0 Å². The quantitative estimate of drug-likeness (QED) is 0.867. The number of carbonyl (C=O) groups excluding carboxylic acids is 1. The molecule has 0 fully saturated rings. The molecule has 0 saturated heterocycles. The van der Waals surface area contributed by atoms with E-state index in [9.17, 15) is 4.79 Å². The van der Waals surface area contributed by atoms with Crippen molar-refractivity contribution in [3.63, 3.8) is 0 Å². The fourth-order valence-corrected chi connectivity index (χ4v) is 3.99. The van der Waals surface area contributed by atoms with Crippen LogP contribution in [-0.4, -0.2) is 56.4 Å². The fraction of sp³-hybridized carbons (Fsp3) is 0.474. The molecule has 2 aromatic rings. The minimum atomic E-state index is -0.0121. The van der Waals surface area contributed by atoms with Crippen LogP contribution in [0.25, 0.3) is 0 Å². The Hall–Kier alpha value is -2.34. The number of rotatable bonds is 4. The predicted molar refractivity (Wildman–Crippen MR) is 96.0 cm³/mol. The summed E-state index contributed by atoms with van der Waals surface area (Å²) in [6, 6.07) is 4.11. The van der Waals surface area contributed by atoms with Crippen LogP contribution in [0.1, 0.15) is 30.8 Å². The van der Waals surface area contributed by atoms with E-state index in [1.165, 1.54) is 11.3 Å². The number of nitrogens with one attached hydrogen (secondary N) is 1. The lowest BCUT2D eigenvalue weighted by Gasteiger charge is -2.39. The molecule has 0 bridgehead atoms. The van der Waals surface area contributed by atoms with Crippen molar-refractivity contribution in [2.75, 3.05) is 26.2 Å². The molecule has 0 saturated carbocycles. The highest BCUT2D eigenvalue weighted by molar-refractivity contribution is 5.74. The average molecular weight is 339 g/mol. The molecule has 0 radical (unpaired) electrons. The second-order valence-corrected chi connectivity index (χ2v) is 6.90. The van der Waals surface area contributed by atoms with Gasteiger partial charge in [-0.1, -0.05) is 6.08 Å². The molecule has 2 aliphatic heterocycles. The number of carbonyl (C=O) groups is 1. The Balaban J connectivity index is 1.51. The van der Waals surface area contributed by atoms with E-state index < -0.39 is 0 Å². The Morgan fingerprint density at radius 2 is 2.12 bits per heavy atom.